The van der Waals surface area contributed by atoms with Crippen LogP contribution in [0, 0.1) is 6.92 Å². The normalized spacial score (nSPS) is 10.9. The van der Waals surface area contributed by atoms with Crippen LogP contribution >= 0.6 is 0 Å². The van der Waals surface area contributed by atoms with Gasteiger partial charge in [-0.05, 0) is 30.7 Å². The molecule has 1 rings (SSSR count). The SMILES string of the molecule is Cc1ccccc1N/C=C/C=C/C=O. The lowest BCUT2D eigenvalue weighted by molar-refractivity contribution is -0.104. The number of allylic oxidation sites excluding steroid dienone is 3. The van der Waals surface area contributed by atoms with Crippen molar-refractivity contribution < 1.29 is 4.79 Å². The summed E-state index contributed by atoms with van der Waals surface area (Å²) in [6.45, 7) is 2.04. The lowest BCUT2D eigenvalue weighted by atomic mass is 10.2. The average molecular weight is 187 g/mol. The minimum absolute atomic E-state index is 0.748. The van der Waals surface area contributed by atoms with Gasteiger partial charge in [-0.25, -0.2) is 0 Å². The van der Waals surface area contributed by atoms with Crippen LogP contribution in [-0.2, 0) is 4.79 Å². The summed E-state index contributed by atoms with van der Waals surface area (Å²) in [4.78, 5) is 9.95. The largest absolute Gasteiger partial charge is 0.361 e. The third-order valence-electron chi connectivity index (χ3n) is 1.78. The molecule has 0 unspecified atom stereocenters. The van der Waals surface area contributed by atoms with Gasteiger partial charge in [0.25, 0.3) is 0 Å². The summed E-state index contributed by atoms with van der Waals surface area (Å²) in [5, 5.41) is 3.12. The van der Waals surface area contributed by atoms with Gasteiger partial charge in [-0.15, -0.1) is 0 Å². The maximum absolute atomic E-state index is 9.95. The van der Waals surface area contributed by atoms with Crippen LogP contribution < -0.4 is 5.32 Å². The van der Waals surface area contributed by atoms with E-state index in [2.05, 4.69) is 5.32 Å². The van der Waals surface area contributed by atoms with E-state index < -0.39 is 0 Å². The molecule has 72 valence electrons. The molecule has 0 radical (unpaired) electrons. The first-order valence-electron chi connectivity index (χ1n) is 4.44. The molecule has 14 heavy (non-hydrogen) atoms. The Kier molecular flexibility index (Phi) is 4.21. The molecule has 0 amide bonds. The molecule has 2 nitrogen and oxygen atoms in total. The van der Waals surface area contributed by atoms with Crippen LogP contribution in [-0.4, -0.2) is 6.29 Å². The predicted molar refractivity (Wildman–Crippen MR) is 59.1 cm³/mol. The van der Waals surface area contributed by atoms with E-state index in [1.165, 1.54) is 11.6 Å². The van der Waals surface area contributed by atoms with Crippen LogP contribution in [0.4, 0.5) is 5.69 Å². The summed E-state index contributed by atoms with van der Waals surface area (Å²) in [5.74, 6) is 0. The quantitative estimate of drug-likeness (QED) is 0.446. The van der Waals surface area contributed by atoms with Gasteiger partial charge < -0.3 is 5.32 Å². The zero-order valence-corrected chi connectivity index (χ0v) is 8.10. The van der Waals surface area contributed by atoms with Crippen LogP contribution in [0.2, 0.25) is 0 Å². The second-order valence-electron chi connectivity index (χ2n) is 2.84. The highest BCUT2D eigenvalue weighted by molar-refractivity contribution is 5.65. The zero-order valence-electron chi connectivity index (χ0n) is 8.10. The van der Waals surface area contributed by atoms with Gasteiger partial charge in [-0.3, -0.25) is 4.79 Å². The van der Waals surface area contributed by atoms with Crippen molar-refractivity contribution in [1.82, 2.24) is 0 Å². The highest BCUT2D eigenvalue weighted by Gasteiger charge is 1.90. The second kappa shape index (κ2) is 5.75. The Bertz CT molecular complexity index is 353. The predicted octanol–water partition coefficient (Wildman–Crippen LogP) is 2.68. The maximum atomic E-state index is 9.95. The van der Waals surface area contributed by atoms with E-state index in [-0.39, 0.29) is 0 Å². The number of hydrogen-bond donors (Lipinski definition) is 1. The number of benzene rings is 1. The fourth-order valence-electron chi connectivity index (χ4n) is 1.04. The fourth-order valence-corrected chi connectivity index (χ4v) is 1.04. The van der Waals surface area contributed by atoms with Crippen LogP contribution in [0.3, 0.4) is 0 Å². The summed E-state index contributed by atoms with van der Waals surface area (Å²) in [6, 6.07) is 8.02. The van der Waals surface area contributed by atoms with E-state index >= 15 is 0 Å². The molecule has 0 saturated carbocycles. The number of anilines is 1. The number of hydrogen-bond acceptors (Lipinski definition) is 2. The zero-order chi connectivity index (χ0) is 10.2. The molecule has 0 aliphatic rings. The molecule has 0 bridgehead atoms. The van der Waals surface area contributed by atoms with Gasteiger partial charge in [0.05, 0.1) is 0 Å². The summed E-state index contributed by atoms with van der Waals surface area (Å²) < 4.78 is 0. The number of carbonyl (C=O) groups is 1. The molecule has 0 fully saturated rings. The topological polar surface area (TPSA) is 29.1 Å². The van der Waals surface area contributed by atoms with E-state index in [9.17, 15) is 4.79 Å². The number of rotatable bonds is 4. The molecule has 0 aliphatic heterocycles. The molecular formula is C12H13NO. The number of carbonyl (C=O) groups excluding carboxylic acids is 1. The molecule has 0 spiro atoms. The van der Waals surface area contributed by atoms with Crippen LogP contribution in [0.5, 0.6) is 0 Å². The van der Waals surface area contributed by atoms with Crippen molar-refractivity contribution in [3.63, 3.8) is 0 Å². The van der Waals surface area contributed by atoms with Gasteiger partial charge in [0, 0.05) is 11.9 Å². The number of aldehydes is 1. The minimum Gasteiger partial charge on any atom is -0.361 e. The van der Waals surface area contributed by atoms with E-state index in [1.54, 1.807) is 18.4 Å². The lowest BCUT2D eigenvalue weighted by Gasteiger charge is -2.03. The molecule has 1 aromatic carbocycles. The third-order valence-corrected chi connectivity index (χ3v) is 1.78. The van der Waals surface area contributed by atoms with Crippen LogP contribution in [0.15, 0.2) is 48.7 Å². The standard InChI is InChI=1S/C12H13NO/c1-11-7-3-4-8-12(11)13-9-5-2-6-10-14/h2-10,13H,1H3/b6-2+,9-5+. The van der Waals surface area contributed by atoms with Crippen molar-refractivity contribution in [2.45, 2.75) is 6.92 Å². The highest BCUT2D eigenvalue weighted by atomic mass is 16.1. The summed E-state index contributed by atoms with van der Waals surface area (Å²) in [7, 11) is 0. The van der Waals surface area contributed by atoms with Gasteiger partial charge in [0.2, 0.25) is 0 Å². The monoisotopic (exact) mass is 187 g/mol. The smallest absolute Gasteiger partial charge is 0.142 e. The average Bonchev–Trinajstić information content (AvgIpc) is 2.20. The first-order valence-corrected chi connectivity index (χ1v) is 4.44. The Morgan fingerprint density at radius 1 is 1.14 bits per heavy atom. The molecule has 0 atom stereocenters. The fraction of sp³-hybridized carbons (Fsp3) is 0.0833. The Morgan fingerprint density at radius 2 is 1.93 bits per heavy atom. The first-order chi connectivity index (χ1) is 6.84. The minimum atomic E-state index is 0.748. The second-order valence-corrected chi connectivity index (χ2v) is 2.84. The maximum Gasteiger partial charge on any atom is 0.142 e. The van der Waals surface area contributed by atoms with E-state index in [4.69, 9.17) is 0 Å². The van der Waals surface area contributed by atoms with Crippen LogP contribution in [0.25, 0.3) is 0 Å². The van der Waals surface area contributed by atoms with Gasteiger partial charge in [-0.1, -0.05) is 24.3 Å². The van der Waals surface area contributed by atoms with Gasteiger partial charge >= 0.3 is 0 Å². The van der Waals surface area contributed by atoms with Crippen molar-refractivity contribution in [2.24, 2.45) is 0 Å². The van der Waals surface area contributed by atoms with Crippen LogP contribution in [0.1, 0.15) is 5.56 Å². The highest BCUT2D eigenvalue weighted by Crippen LogP contribution is 2.12. The molecule has 1 N–H and O–H groups in total. The molecule has 0 saturated heterocycles. The molecule has 0 aromatic heterocycles. The Morgan fingerprint density at radius 3 is 2.64 bits per heavy atom. The van der Waals surface area contributed by atoms with Crippen molar-refractivity contribution in [3.8, 4) is 0 Å². The number of para-hydroxylation sites is 1. The first kappa shape index (κ1) is 10.3. The van der Waals surface area contributed by atoms with E-state index in [0.717, 1.165) is 12.0 Å². The molecule has 0 heterocycles. The molecule has 1 aromatic rings. The third kappa shape index (κ3) is 3.27. The summed E-state index contributed by atoms with van der Waals surface area (Å²) in [5.41, 5.74) is 2.26. The van der Waals surface area contributed by atoms with E-state index in [1.807, 2.05) is 31.2 Å². The van der Waals surface area contributed by atoms with Crippen molar-refractivity contribution in [3.05, 3.63) is 54.3 Å². The lowest BCUT2D eigenvalue weighted by Crippen LogP contribution is -1.89. The summed E-state index contributed by atoms with van der Waals surface area (Å²) in [6.07, 6.45) is 7.44. The van der Waals surface area contributed by atoms with Crippen molar-refractivity contribution >= 4 is 12.0 Å². The van der Waals surface area contributed by atoms with Gasteiger partial charge in [0.1, 0.15) is 6.29 Å². The van der Waals surface area contributed by atoms with E-state index in [0.29, 0.717) is 0 Å². The molecular weight excluding hydrogens is 174 g/mol. The summed E-state index contributed by atoms with van der Waals surface area (Å²) >= 11 is 0. The molecule has 2 heteroatoms. The number of aryl methyl sites for hydroxylation is 1. The molecule has 0 aliphatic carbocycles. The Hall–Kier alpha value is -1.83. The Labute approximate surface area is 84.0 Å². The van der Waals surface area contributed by atoms with Crippen molar-refractivity contribution in [2.75, 3.05) is 5.32 Å². The Balaban J connectivity index is 2.53. The number of nitrogens with one attached hydrogen (secondary N) is 1. The van der Waals surface area contributed by atoms with Crippen molar-refractivity contribution in [1.29, 1.82) is 0 Å². The van der Waals surface area contributed by atoms with Gasteiger partial charge in [-0.2, -0.15) is 0 Å². The van der Waals surface area contributed by atoms with Gasteiger partial charge in [0.15, 0.2) is 0 Å².